The van der Waals surface area contributed by atoms with Crippen LogP contribution in [0.5, 0.6) is 0 Å². The Hall–Kier alpha value is -3.90. The van der Waals surface area contributed by atoms with Gasteiger partial charge < -0.3 is 31.2 Å². The summed E-state index contributed by atoms with van der Waals surface area (Å²) in [5.74, 6) is -2.21. The topological polar surface area (TPSA) is 166 Å². The molecule has 0 bridgehead atoms. The second kappa shape index (κ2) is 22.0. The highest BCUT2D eigenvalue weighted by Gasteiger charge is 2.44. The Morgan fingerprint density at radius 1 is 0.740 bits per heavy atom. The Morgan fingerprint density at radius 3 is 1.80 bits per heavy atom. The molecule has 3 rings (SSSR count). The molecule has 11 nitrogen and oxygen atoms in total. The third kappa shape index (κ3) is 12.8. The number of esters is 2. The Morgan fingerprint density at radius 2 is 1.28 bits per heavy atom. The molecule has 3 aromatic carbocycles. The van der Waals surface area contributed by atoms with Gasteiger partial charge in [0, 0.05) is 12.2 Å². The van der Waals surface area contributed by atoms with Gasteiger partial charge in [-0.3, -0.25) is 24.0 Å². The van der Waals surface area contributed by atoms with Crippen molar-refractivity contribution in [3.63, 3.8) is 0 Å². The van der Waals surface area contributed by atoms with Gasteiger partial charge in [0.25, 0.3) is 0 Å². The first kappa shape index (κ1) is 40.5. The van der Waals surface area contributed by atoms with Gasteiger partial charge in [0.05, 0.1) is 31.7 Å². The van der Waals surface area contributed by atoms with E-state index < -0.39 is 43.1 Å². The van der Waals surface area contributed by atoms with Crippen LogP contribution in [0.15, 0.2) is 91.0 Å². The molecule has 3 amide bonds. The maximum atomic E-state index is 13.0. The van der Waals surface area contributed by atoms with Gasteiger partial charge in [0.15, 0.2) is 0 Å². The Kier molecular flexibility index (Phi) is 17.9. The average Bonchev–Trinajstić information content (AvgIpc) is 3.14. The molecule has 0 aliphatic rings. The van der Waals surface area contributed by atoms with Crippen LogP contribution in [0.25, 0.3) is 0 Å². The van der Waals surface area contributed by atoms with Crippen LogP contribution >= 0.6 is 28.9 Å². The Bertz CT molecular complexity index is 1420. The second-order valence-electron chi connectivity index (χ2n) is 11.0. The van der Waals surface area contributed by atoms with Crippen molar-refractivity contribution in [2.75, 3.05) is 44.0 Å². The lowest BCUT2D eigenvalue weighted by Gasteiger charge is -2.27. The van der Waals surface area contributed by atoms with Crippen molar-refractivity contribution < 1.29 is 33.4 Å². The number of nitrogens with one attached hydrogen (secondary N) is 3. The van der Waals surface area contributed by atoms with Gasteiger partial charge in [-0.2, -0.15) is 0 Å². The highest BCUT2D eigenvalue weighted by molar-refractivity contribution is 8.76. The predicted octanol–water partition coefficient (Wildman–Crippen LogP) is 2.31. The van der Waals surface area contributed by atoms with Crippen molar-refractivity contribution in [2.45, 2.75) is 38.8 Å². The molecular weight excluding hydrogens is 696 g/mol. The second-order valence-corrected chi connectivity index (χ2v) is 17.1. The Labute approximate surface area is 302 Å². The SMILES string of the molecule is CCOC(=O)CNC(=O)C(CSSCC(=O)NCC[P+](c1ccccc1)(c1ccccc1)c1ccccc1)NC(=O)CCC(N)C(=O)OCC. The number of hydrogen-bond donors (Lipinski definition) is 4. The number of nitrogens with two attached hydrogens (primary N) is 1. The van der Waals surface area contributed by atoms with Crippen LogP contribution in [0.2, 0.25) is 0 Å². The van der Waals surface area contributed by atoms with Gasteiger partial charge >= 0.3 is 11.9 Å². The molecule has 0 aliphatic carbocycles. The molecule has 0 aliphatic heterocycles. The van der Waals surface area contributed by atoms with Gasteiger partial charge in [-0.1, -0.05) is 76.2 Å². The standard InChI is InChI=1S/C36H45N4O7PS2/c1-3-46-34(43)24-39-35(44)31(40-32(41)21-20-30(37)36(45)47-4-2)25-49-50-26-33(42)38-22-23-48(27-14-8-5-9-15-27,28-16-10-6-11-17-28)29-18-12-7-13-19-29/h5-19,30-31H,3-4,20-26,37H2,1-2H3,(H2-,38,39,40,41,42,44)/p+1. The highest BCUT2D eigenvalue weighted by Crippen LogP contribution is 2.54. The molecule has 0 spiro atoms. The summed E-state index contributed by atoms with van der Waals surface area (Å²) >= 11 is 0. The normalized spacial score (nSPS) is 12.2. The van der Waals surface area contributed by atoms with Gasteiger partial charge in [0.2, 0.25) is 17.7 Å². The highest BCUT2D eigenvalue weighted by atomic mass is 33.1. The fraction of sp³-hybridized carbons (Fsp3) is 0.361. The number of rotatable bonds is 21. The largest absolute Gasteiger partial charge is 0.465 e. The molecule has 0 aromatic heterocycles. The maximum absolute atomic E-state index is 13.0. The summed E-state index contributed by atoms with van der Waals surface area (Å²) < 4.78 is 9.74. The van der Waals surface area contributed by atoms with E-state index in [1.807, 2.05) is 54.6 Å². The number of carbonyl (C=O) groups excluding carboxylic acids is 5. The molecule has 268 valence electrons. The zero-order chi connectivity index (χ0) is 36.2. The zero-order valence-electron chi connectivity index (χ0n) is 28.4. The van der Waals surface area contributed by atoms with Crippen LogP contribution in [-0.2, 0) is 33.4 Å². The van der Waals surface area contributed by atoms with Gasteiger partial charge in [-0.15, -0.1) is 0 Å². The lowest BCUT2D eigenvalue weighted by molar-refractivity contribution is -0.145. The van der Waals surface area contributed by atoms with E-state index in [2.05, 4.69) is 52.3 Å². The van der Waals surface area contributed by atoms with Crippen LogP contribution < -0.4 is 37.6 Å². The summed E-state index contributed by atoms with van der Waals surface area (Å²) in [6.45, 7) is 3.75. The van der Waals surface area contributed by atoms with E-state index in [0.29, 0.717) is 6.54 Å². The number of hydrogen-bond acceptors (Lipinski definition) is 10. The Balaban J connectivity index is 1.59. The van der Waals surface area contributed by atoms with E-state index in [1.165, 1.54) is 37.5 Å². The van der Waals surface area contributed by atoms with E-state index >= 15 is 0 Å². The van der Waals surface area contributed by atoms with Crippen molar-refractivity contribution in [2.24, 2.45) is 5.73 Å². The van der Waals surface area contributed by atoms with E-state index in [0.717, 1.165) is 6.16 Å². The molecule has 0 heterocycles. The first-order valence-corrected chi connectivity index (χ1v) is 20.9. The lowest BCUT2D eigenvalue weighted by Crippen LogP contribution is -2.49. The van der Waals surface area contributed by atoms with Crippen LogP contribution in [0, 0.1) is 0 Å². The van der Waals surface area contributed by atoms with Crippen LogP contribution in [0.4, 0.5) is 0 Å². The third-order valence-corrected chi connectivity index (χ3v) is 14.2. The van der Waals surface area contributed by atoms with E-state index in [-0.39, 0.29) is 50.0 Å². The number of amides is 3. The monoisotopic (exact) mass is 741 g/mol. The van der Waals surface area contributed by atoms with Crippen molar-refractivity contribution in [1.29, 1.82) is 0 Å². The van der Waals surface area contributed by atoms with Crippen LogP contribution in [-0.4, -0.2) is 85.7 Å². The average molecular weight is 742 g/mol. The first-order valence-electron chi connectivity index (χ1n) is 16.4. The summed E-state index contributed by atoms with van der Waals surface area (Å²) in [5, 5.41) is 11.9. The van der Waals surface area contributed by atoms with E-state index in [9.17, 15) is 24.0 Å². The summed E-state index contributed by atoms with van der Waals surface area (Å²) in [7, 11) is 0.397. The number of benzene rings is 3. The minimum atomic E-state index is -2.10. The lowest BCUT2D eigenvalue weighted by atomic mass is 10.1. The van der Waals surface area contributed by atoms with Gasteiger partial charge in [0.1, 0.15) is 41.8 Å². The molecular formula is C36H46N4O7PS2+. The van der Waals surface area contributed by atoms with Crippen molar-refractivity contribution in [1.82, 2.24) is 16.0 Å². The predicted molar refractivity (Wildman–Crippen MR) is 203 cm³/mol. The van der Waals surface area contributed by atoms with E-state index in [4.69, 9.17) is 15.2 Å². The number of ether oxygens (including phenoxy) is 2. The molecule has 0 saturated heterocycles. The van der Waals surface area contributed by atoms with Gasteiger partial charge in [-0.05, 0) is 56.7 Å². The fourth-order valence-electron chi connectivity index (χ4n) is 5.10. The van der Waals surface area contributed by atoms with E-state index in [1.54, 1.807) is 13.8 Å². The fourth-order valence-corrected chi connectivity index (χ4v) is 11.3. The van der Waals surface area contributed by atoms with Crippen molar-refractivity contribution in [3.8, 4) is 0 Å². The zero-order valence-corrected chi connectivity index (χ0v) is 30.9. The quantitative estimate of drug-likeness (QED) is 0.0551. The molecule has 3 aromatic rings. The van der Waals surface area contributed by atoms with Crippen LogP contribution in [0.3, 0.4) is 0 Å². The molecule has 2 atom stereocenters. The van der Waals surface area contributed by atoms with Crippen LogP contribution in [0.1, 0.15) is 26.7 Å². The molecule has 0 saturated carbocycles. The third-order valence-electron chi connectivity index (χ3n) is 7.50. The van der Waals surface area contributed by atoms with Gasteiger partial charge in [-0.25, -0.2) is 0 Å². The number of carbonyl (C=O) groups is 5. The summed E-state index contributed by atoms with van der Waals surface area (Å²) in [6, 6.07) is 29.3. The molecule has 14 heteroatoms. The smallest absolute Gasteiger partial charge is 0.325 e. The molecule has 0 fully saturated rings. The van der Waals surface area contributed by atoms with Crippen molar-refractivity contribution >= 4 is 74.4 Å². The summed E-state index contributed by atoms with van der Waals surface area (Å²) in [5.41, 5.74) is 5.80. The molecule has 2 unspecified atom stereocenters. The summed E-state index contributed by atoms with van der Waals surface area (Å²) in [4.78, 5) is 62.1. The molecule has 50 heavy (non-hydrogen) atoms. The summed E-state index contributed by atoms with van der Waals surface area (Å²) in [6.07, 6.45) is 0.649. The van der Waals surface area contributed by atoms with Crippen molar-refractivity contribution in [3.05, 3.63) is 91.0 Å². The minimum absolute atomic E-state index is 0.0340. The first-order chi connectivity index (χ1) is 24.2. The molecule has 0 radical (unpaired) electrons. The minimum Gasteiger partial charge on any atom is -0.465 e. The maximum Gasteiger partial charge on any atom is 0.325 e. The molecule has 5 N–H and O–H groups in total.